The first-order valence-electron chi connectivity index (χ1n) is 6.07. The van der Waals surface area contributed by atoms with Gasteiger partial charge in [-0.3, -0.25) is 4.99 Å². The summed E-state index contributed by atoms with van der Waals surface area (Å²) < 4.78 is 0. The molecule has 1 aliphatic rings. The lowest BCUT2D eigenvalue weighted by molar-refractivity contribution is 0.181. The van der Waals surface area contributed by atoms with Crippen LogP contribution in [0.4, 0.5) is 0 Å². The molecular weight excluding hydrogens is 182 g/mol. The van der Waals surface area contributed by atoms with Crippen LogP contribution in [0.15, 0.2) is 4.99 Å². The molecule has 1 fully saturated rings. The number of hydrogen-bond donors (Lipinski definition) is 0. The fourth-order valence-corrected chi connectivity index (χ4v) is 3.14. The SMILES string of the molecule is CC1(C)CC(=NC(C)(C)C)CC(C)(C)C1. The van der Waals surface area contributed by atoms with E-state index in [1.165, 1.54) is 25.0 Å². The van der Waals surface area contributed by atoms with Crippen LogP contribution in [-0.4, -0.2) is 11.3 Å². The van der Waals surface area contributed by atoms with E-state index in [0.29, 0.717) is 10.8 Å². The van der Waals surface area contributed by atoms with Gasteiger partial charge in [-0.25, -0.2) is 0 Å². The Morgan fingerprint density at radius 3 is 1.67 bits per heavy atom. The second-order valence-corrected chi connectivity index (χ2v) is 7.71. The maximum Gasteiger partial charge on any atom is 0.0523 e. The van der Waals surface area contributed by atoms with E-state index < -0.39 is 0 Å². The van der Waals surface area contributed by atoms with Crippen LogP contribution in [0.5, 0.6) is 0 Å². The van der Waals surface area contributed by atoms with E-state index >= 15 is 0 Å². The molecule has 1 saturated carbocycles. The van der Waals surface area contributed by atoms with E-state index in [1.807, 2.05) is 0 Å². The van der Waals surface area contributed by atoms with E-state index in [-0.39, 0.29) is 5.54 Å². The van der Waals surface area contributed by atoms with Crippen LogP contribution in [-0.2, 0) is 0 Å². The Morgan fingerprint density at radius 1 is 0.933 bits per heavy atom. The van der Waals surface area contributed by atoms with Gasteiger partial charge in [0, 0.05) is 5.71 Å². The zero-order valence-corrected chi connectivity index (χ0v) is 11.6. The standard InChI is InChI=1S/C14H27N/c1-12(2,3)15-11-8-13(4,5)10-14(6,7)9-11/h8-10H2,1-7H3. The molecule has 1 aliphatic carbocycles. The van der Waals surface area contributed by atoms with Crippen LogP contribution in [0, 0.1) is 10.8 Å². The molecular formula is C14H27N. The first-order chi connectivity index (χ1) is 6.49. The van der Waals surface area contributed by atoms with Crippen molar-refractivity contribution in [1.29, 1.82) is 0 Å². The predicted octanol–water partition coefficient (Wildman–Crippen LogP) is 4.46. The maximum atomic E-state index is 4.88. The molecule has 0 amide bonds. The van der Waals surface area contributed by atoms with Crippen LogP contribution in [0.25, 0.3) is 0 Å². The number of nitrogens with zero attached hydrogens (tertiary/aromatic N) is 1. The molecule has 0 N–H and O–H groups in total. The van der Waals surface area contributed by atoms with Gasteiger partial charge in [-0.15, -0.1) is 0 Å². The summed E-state index contributed by atoms with van der Waals surface area (Å²) in [6.07, 6.45) is 3.66. The van der Waals surface area contributed by atoms with Gasteiger partial charge in [0.1, 0.15) is 0 Å². The summed E-state index contributed by atoms with van der Waals surface area (Å²) in [5.74, 6) is 0. The fourth-order valence-electron chi connectivity index (χ4n) is 3.14. The maximum absolute atomic E-state index is 4.88. The Labute approximate surface area is 95.4 Å². The molecule has 0 spiro atoms. The van der Waals surface area contributed by atoms with Crippen molar-refractivity contribution in [2.75, 3.05) is 0 Å². The third-order valence-electron chi connectivity index (χ3n) is 2.82. The van der Waals surface area contributed by atoms with Crippen molar-refractivity contribution in [2.24, 2.45) is 15.8 Å². The Kier molecular flexibility index (Phi) is 3.06. The zero-order valence-electron chi connectivity index (χ0n) is 11.6. The number of aliphatic imine (C=N–C) groups is 1. The fraction of sp³-hybridized carbons (Fsp3) is 0.929. The van der Waals surface area contributed by atoms with Crippen LogP contribution >= 0.6 is 0 Å². The van der Waals surface area contributed by atoms with E-state index in [9.17, 15) is 0 Å². The van der Waals surface area contributed by atoms with Gasteiger partial charge in [0.05, 0.1) is 5.54 Å². The average molecular weight is 209 g/mol. The van der Waals surface area contributed by atoms with Gasteiger partial charge >= 0.3 is 0 Å². The van der Waals surface area contributed by atoms with Crippen molar-refractivity contribution in [3.63, 3.8) is 0 Å². The highest BCUT2D eigenvalue weighted by Crippen LogP contribution is 2.44. The summed E-state index contributed by atoms with van der Waals surface area (Å²) in [5, 5.41) is 0. The lowest BCUT2D eigenvalue weighted by Gasteiger charge is -2.42. The second-order valence-electron chi connectivity index (χ2n) is 7.71. The minimum Gasteiger partial charge on any atom is -0.288 e. The summed E-state index contributed by atoms with van der Waals surface area (Å²) in [7, 11) is 0. The monoisotopic (exact) mass is 209 g/mol. The van der Waals surface area contributed by atoms with E-state index in [0.717, 1.165) is 0 Å². The highest BCUT2D eigenvalue weighted by Gasteiger charge is 2.36. The third kappa shape index (κ3) is 4.36. The van der Waals surface area contributed by atoms with E-state index in [2.05, 4.69) is 48.5 Å². The summed E-state index contributed by atoms with van der Waals surface area (Å²) >= 11 is 0. The van der Waals surface area contributed by atoms with Gasteiger partial charge < -0.3 is 0 Å². The van der Waals surface area contributed by atoms with Gasteiger partial charge in [0.25, 0.3) is 0 Å². The van der Waals surface area contributed by atoms with Crippen molar-refractivity contribution in [1.82, 2.24) is 0 Å². The van der Waals surface area contributed by atoms with Crippen LogP contribution in [0.3, 0.4) is 0 Å². The van der Waals surface area contributed by atoms with Crippen molar-refractivity contribution in [3.8, 4) is 0 Å². The molecule has 0 radical (unpaired) electrons. The molecule has 0 aliphatic heterocycles. The quantitative estimate of drug-likeness (QED) is 0.558. The Bertz CT molecular complexity index is 246. The van der Waals surface area contributed by atoms with Gasteiger partial charge in [-0.1, -0.05) is 27.7 Å². The molecule has 0 saturated heterocycles. The molecule has 1 heteroatoms. The molecule has 15 heavy (non-hydrogen) atoms. The molecule has 0 aromatic heterocycles. The summed E-state index contributed by atoms with van der Waals surface area (Å²) in [6, 6.07) is 0. The van der Waals surface area contributed by atoms with E-state index in [1.54, 1.807) is 0 Å². The molecule has 0 atom stereocenters. The Balaban J connectivity index is 2.90. The molecule has 0 heterocycles. The van der Waals surface area contributed by atoms with Crippen molar-refractivity contribution < 1.29 is 0 Å². The van der Waals surface area contributed by atoms with Crippen molar-refractivity contribution in [3.05, 3.63) is 0 Å². The summed E-state index contributed by atoms with van der Waals surface area (Å²) in [6.45, 7) is 16.0. The number of hydrogen-bond acceptors (Lipinski definition) is 1. The van der Waals surface area contributed by atoms with Crippen LogP contribution < -0.4 is 0 Å². The van der Waals surface area contributed by atoms with Gasteiger partial charge in [0.2, 0.25) is 0 Å². The Hall–Kier alpha value is -0.330. The number of rotatable bonds is 0. The molecule has 1 nitrogen and oxygen atoms in total. The molecule has 0 bridgehead atoms. The van der Waals surface area contributed by atoms with Crippen LogP contribution in [0.2, 0.25) is 0 Å². The highest BCUT2D eigenvalue weighted by molar-refractivity contribution is 5.86. The topological polar surface area (TPSA) is 12.4 Å². The molecule has 88 valence electrons. The molecule has 0 unspecified atom stereocenters. The molecule has 0 aromatic carbocycles. The van der Waals surface area contributed by atoms with E-state index in [4.69, 9.17) is 4.99 Å². The largest absolute Gasteiger partial charge is 0.288 e. The zero-order chi connectivity index (χ0) is 11.9. The van der Waals surface area contributed by atoms with Gasteiger partial charge in [-0.2, -0.15) is 0 Å². The van der Waals surface area contributed by atoms with Crippen LogP contribution in [0.1, 0.15) is 67.7 Å². The van der Waals surface area contributed by atoms with Gasteiger partial charge in [0.15, 0.2) is 0 Å². The first-order valence-corrected chi connectivity index (χ1v) is 6.07. The minimum atomic E-state index is 0.0822. The highest BCUT2D eigenvalue weighted by atomic mass is 14.8. The molecule has 0 aromatic rings. The summed E-state index contributed by atoms with van der Waals surface area (Å²) in [4.78, 5) is 4.88. The lowest BCUT2D eigenvalue weighted by Crippen LogP contribution is -2.35. The smallest absolute Gasteiger partial charge is 0.0523 e. The summed E-state index contributed by atoms with van der Waals surface area (Å²) in [5.41, 5.74) is 2.35. The van der Waals surface area contributed by atoms with Crippen molar-refractivity contribution in [2.45, 2.75) is 73.3 Å². The van der Waals surface area contributed by atoms with Gasteiger partial charge in [-0.05, 0) is 50.9 Å². The first kappa shape index (κ1) is 12.7. The normalized spacial score (nSPS) is 25.1. The average Bonchev–Trinajstić information content (AvgIpc) is 1.70. The molecule has 1 rings (SSSR count). The second kappa shape index (κ2) is 3.61. The minimum absolute atomic E-state index is 0.0822. The Morgan fingerprint density at radius 2 is 1.33 bits per heavy atom. The third-order valence-corrected chi connectivity index (χ3v) is 2.82. The lowest BCUT2D eigenvalue weighted by atomic mass is 9.64. The predicted molar refractivity (Wildman–Crippen MR) is 68.6 cm³/mol. The van der Waals surface area contributed by atoms with Crippen molar-refractivity contribution >= 4 is 5.71 Å².